The first-order valence-corrected chi connectivity index (χ1v) is 7.75. The number of hydrogen-bond acceptors (Lipinski definition) is 4. The zero-order chi connectivity index (χ0) is 13.9. The molecule has 0 aromatic heterocycles. The molecule has 2 aliphatic rings. The van der Waals surface area contributed by atoms with Crippen molar-refractivity contribution in [3.05, 3.63) is 0 Å². The van der Waals surface area contributed by atoms with Crippen molar-refractivity contribution in [3.8, 4) is 0 Å². The fourth-order valence-electron chi connectivity index (χ4n) is 2.26. The first-order chi connectivity index (χ1) is 9.02. The molecule has 0 aromatic carbocycles. The zero-order valence-electron chi connectivity index (χ0n) is 10.5. The van der Waals surface area contributed by atoms with Gasteiger partial charge in [0, 0.05) is 41.4 Å². The predicted molar refractivity (Wildman–Crippen MR) is 68.4 cm³/mol. The Labute approximate surface area is 113 Å². The number of rotatable bonds is 3. The summed E-state index contributed by atoms with van der Waals surface area (Å²) < 4.78 is 16.3. The van der Waals surface area contributed by atoms with Crippen molar-refractivity contribution in [2.45, 2.75) is 30.8 Å². The summed E-state index contributed by atoms with van der Waals surface area (Å²) in [7, 11) is -0.781. The summed E-state index contributed by atoms with van der Waals surface area (Å²) >= 11 is 0. The van der Waals surface area contributed by atoms with E-state index < -0.39 is 28.3 Å². The maximum absolute atomic E-state index is 11.8. The molecule has 0 radical (unpaired) electrons. The van der Waals surface area contributed by atoms with E-state index in [2.05, 4.69) is 10.6 Å². The number of aliphatic carboxylic acids is 1. The number of amides is 2. The number of urea groups is 1. The Kier molecular flexibility index (Phi) is 4.41. The molecule has 2 saturated heterocycles. The van der Waals surface area contributed by atoms with E-state index in [-0.39, 0.29) is 19.1 Å². The number of hydrogen-bond donors (Lipinski definition) is 3. The summed E-state index contributed by atoms with van der Waals surface area (Å²) in [6, 6.07) is -0.531. The van der Waals surface area contributed by atoms with Crippen LogP contribution in [0, 0.1) is 0 Å². The van der Waals surface area contributed by atoms with Crippen molar-refractivity contribution in [1.29, 1.82) is 0 Å². The molecule has 0 saturated carbocycles. The summed E-state index contributed by atoms with van der Waals surface area (Å²) in [5.74, 6) is 0.0842. The minimum Gasteiger partial charge on any atom is -0.479 e. The van der Waals surface area contributed by atoms with Gasteiger partial charge in [-0.05, 0) is 12.8 Å². The summed E-state index contributed by atoms with van der Waals surface area (Å²) in [5, 5.41) is 14.4. The highest BCUT2D eigenvalue weighted by Crippen LogP contribution is 2.19. The van der Waals surface area contributed by atoms with Gasteiger partial charge in [-0.15, -0.1) is 0 Å². The predicted octanol–water partition coefficient (Wildman–Crippen LogP) is -0.560. The molecule has 3 N–H and O–H groups in total. The van der Waals surface area contributed by atoms with Gasteiger partial charge < -0.3 is 20.5 Å². The van der Waals surface area contributed by atoms with Crippen LogP contribution in [0.15, 0.2) is 0 Å². The highest BCUT2D eigenvalue weighted by Gasteiger charge is 2.44. The number of ether oxygens (including phenoxy) is 1. The van der Waals surface area contributed by atoms with Gasteiger partial charge in [0.25, 0.3) is 0 Å². The second-order valence-corrected chi connectivity index (χ2v) is 6.61. The molecule has 8 heteroatoms. The van der Waals surface area contributed by atoms with E-state index in [4.69, 9.17) is 4.74 Å². The molecule has 1 atom stereocenters. The van der Waals surface area contributed by atoms with Gasteiger partial charge >= 0.3 is 12.0 Å². The second-order valence-electron chi connectivity index (χ2n) is 4.91. The highest BCUT2D eigenvalue weighted by atomic mass is 32.2. The highest BCUT2D eigenvalue weighted by molar-refractivity contribution is 7.85. The lowest BCUT2D eigenvalue weighted by atomic mass is 9.99. The summed E-state index contributed by atoms with van der Waals surface area (Å²) in [4.78, 5) is 23.1. The molecule has 108 valence electrons. The Balaban J connectivity index is 1.86. The monoisotopic (exact) mass is 290 g/mol. The van der Waals surface area contributed by atoms with Crippen LogP contribution in [0.5, 0.6) is 0 Å². The fourth-order valence-corrected chi connectivity index (χ4v) is 3.56. The molecule has 19 heavy (non-hydrogen) atoms. The summed E-state index contributed by atoms with van der Waals surface area (Å²) in [5.41, 5.74) is -1.32. The molecule has 2 heterocycles. The van der Waals surface area contributed by atoms with Crippen LogP contribution in [0.3, 0.4) is 0 Å². The average Bonchev–Trinajstić information content (AvgIpc) is 2.82. The van der Waals surface area contributed by atoms with E-state index in [0.717, 1.165) is 0 Å². The number of carboxylic acid groups (broad SMARTS) is 1. The minimum atomic E-state index is -1.32. The van der Waals surface area contributed by atoms with E-state index in [1.54, 1.807) is 0 Å². The van der Waals surface area contributed by atoms with Gasteiger partial charge in [-0.3, -0.25) is 4.21 Å². The molecule has 0 aliphatic carbocycles. The standard InChI is InChI=1S/C11H18N2O5S/c14-9(15)11(3-4-18-7-11)13-10(16)12-8-1-5-19(17)6-2-8/h8H,1-7H2,(H,14,15)(H2,12,13,16). The van der Waals surface area contributed by atoms with Gasteiger partial charge in [0.05, 0.1) is 6.61 Å². The van der Waals surface area contributed by atoms with Gasteiger partial charge in [-0.25, -0.2) is 9.59 Å². The van der Waals surface area contributed by atoms with Crippen LogP contribution >= 0.6 is 0 Å². The van der Waals surface area contributed by atoms with E-state index in [0.29, 0.717) is 31.0 Å². The average molecular weight is 290 g/mol. The van der Waals surface area contributed by atoms with Gasteiger partial charge in [0.1, 0.15) is 0 Å². The second kappa shape index (κ2) is 5.87. The van der Waals surface area contributed by atoms with Crippen molar-refractivity contribution in [2.24, 2.45) is 0 Å². The molecule has 7 nitrogen and oxygen atoms in total. The van der Waals surface area contributed by atoms with Crippen LogP contribution in [-0.4, -0.2) is 57.6 Å². The minimum absolute atomic E-state index is 0.00949. The van der Waals surface area contributed by atoms with Crippen LogP contribution in [0.1, 0.15) is 19.3 Å². The Hall–Kier alpha value is -1.15. The van der Waals surface area contributed by atoms with Gasteiger partial charge in [0.2, 0.25) is 0 Å². The summed E-state index contributed by atoms with van der Waals surface area (Å²) in [6.45, 7) is 0.319. The van der Waals surface area contributed by atoms with Gasteiger partial charge in [-0.1, -0.05) is 0 Å². The number of carbonyl (C=O) groups is 2. The quantitative estimate of drug-likeness (QED) is 0.646. The first kappa shape index (κ1) is 14.3. The third kappa shape index (κ3) is 3.44. The van der Waals surface area contributed by atoms with Crippen LogP contribution in [0.25, 0.3) is 0 Å². The molecule has 0 bridgehead atoms. The Morgan fingerprint density at radius 2 is 2.00 bits per heavy atom. The zero-order valence-corrected chi connectivity index (χ0v) is 11.3. The number of carbonyl (C=O) groups excluding carboxylic acids is 1. The van der Waals surface area contributed by atoms with Crippen LogP contribution in [-0.2, 0) is 20.3 Å². The molecule has 2 fully saturated rings. The van der Waals surface area contributed by atoms with E-state index in [9.17, 15) is 18.9 Å². The first-order valence-electron chi connectivity index (χ1n) is 6.27. The Bertz CT molecular complexity index is 385. The SMILES string of the molecule is O=C(NC1CCS(=O)CC1)NC1(C(=O)O)CCOC1. The number of carboxylic acids is 1. The third-order valence-corrected chi connectivity index (χ3v) is 4.89. The third-order valence-electron chi connectivity index (χ3n) is 3.51. The molecular formula is C11H18N2O5S. The van der Waals surface area contributed by atoms with Crippen LogP contribution < -0.4 is 10.6 Å². The lowest BCUT2D eigenvalue weighted by Crippen LogP contribution is -2.59. The van der Waals surface area contributed by atoms with E-state index in [1.165, 1.54) is 0 Å². The molecule has 2 amide bonds. The molecule has 2 aliphatic heterocycles. The van der Waals surface area contributed by atoms with E-state index in [1.807, 2.05) is 0 Å². The van der Waals surface area contributed by atoms with Gasteiger partial charge in [0.15, 0.2) is 5.54 Å². The largest absolute Gasteiger partial charge is 0.479 e. The van der Waals surface area contributed by atoms with Crippen molar-refractivity contribution in [3.63, 3.8) is 0 Å². The fraction of sp³-hybridized carbons (Fsp3) is 0.818. The Morgan fingerprint density at radius 1 is 1.32 bits per heavy atom. The maximum Gasteiger partial charge on any atom is 0.332 e. The lowest BCUT2D eigenvalue weighted by molar-refractivity contribution is -0.144. The van der Waals surface area contributed by atoms with Crippen LogP contribution in [0.2, 0.25) is 0 Å². The molecule has 2 rings (SSSR count). The van der Waals surface area contributed by atoms with Crippen molar-refractivity contribution in [1.82, 2.24) is 10.6 Å². The summed E-state index contributed by atoms with van der Waals surface area (Å²) in [6.07, 6.45) is 1.59. The maximum atomic E-state index is 11.8. The smallest absolute Gasteiger partial charge is 0.332 e. The van der Waals surface area contributed by atoms with Crippen molar-refractivity contribution < 1.29 is 23.6 Å². The lowest BCUT2D eigenvalue weighted by Gasteiger charge is -2.27. The molecule has 0 spiro atoms. The molecule has 1 unspecified atom stereocenters. The van der Waals surface area contributed by atoms with E-state index >= 15 is 0 Å². The van der Waals surface area contributed by atoms with Crippen LogP contribution in [0.4, 0.5) is 4.79 Å². The molecule has 0 aromatic rings. The molecular weight excluding hydrogens is 272 g/mol. The Morgan fingerprint density at radius 3 is 2.53 bits per heavy atom. The van der Waals surface area contributed by atoms with Gasteiger partial charge in [-0.2, -0.15) is 0 Å². The number of nitrogens with one attached hydrogen (secondary N) is 2. The van der Waals surface area contributed by atoms with Crippen molar-refractivity contribution in [2.75, 3.05) is 24.7 Å². The topological polar surface area (TPSA) is 105 Å². The van der Waals surface area contributed by atoms with Crippen molar-refractivity contribution >= 4 is 22.8 Å². The normalized spacial score (nSPS) is 34.7.